The largest absolute Gasteiger partial charge is 0.379 e. The third kappa shape index (κ3) is 29.6. The molecular formula is C41H75N7O14S. The zero-order valence-corrected chi connectivity index (χ0v) is 38.0. The number of ether oxygens (including phenoxy) is 11. The third-order valence-electron chi connectivity index (χ3n) is 9.50. The zero-order chi connectivity index (χ0) is 44.7. The molecule has 0 aliphatic carbocycles. The Morgan fingerprint density at radius 2 is 1.16 bits per heavy atom. The number of ketones is 1. The summed E-state index contributed by atoms with van der Waals surface area (Å²) in [6, 6.07) is 0.396. The standard InChI is InChI=1S/C41H75N7O14S/c42-8-12-53-16-20-57-24-28-61-29-25-58-21-17-54-13-9-43-39(50)7-11-52-15-19-56-23-27-60-31-32-62-30-26-59-22-18-55-14-10-48-33-35(46-47-48)5-6-36(49)3-1-2-4-38-40-37(34-63-38)44-41(51)45-40/h33,37-38,40H,1-32,34,42H2,(H,43,50)(H2,44,45,51)/t37-,38+,40-/m1/s1. The molecule has 2 aliphatic rings. The predicted octanol–water partition coefficient (Wildman–Crippen LogP) is 0.153. The Bertz CT molecular complexity index is 1290. The molecule has 1 aromatic heterocycles. The summed E-state index contributed by atoms with van der Waals surface area (Å²) in [6.45, 7) is 11.6. The highest BCUT2D eigenvalue weighted by Gasteiger charge is 2.42. The first-order chi connectivity index (χ1) is 31.0. The molecule has 1 aromatic rings. The van der Waals surface area contributed by atoms with Crippen molar-refractivity contribution in [3.05, 3.63) is 11.9 Å². The molecule has 2 aliphatic heterocycles. The summed E-state index contributed by atoms with van der Waals surface area (Å²) in [5.74, 6) is 1.11. The number of aryl methyl sites for hydroxylation is 1. The van der Waals surface area contributed by atoms with Crippen LogP contribution in [0.5, 0.6) is 0 Å². The van der Waals surface area contributed by atoms with Gasteiger partial charge in [0.25, 0.3) is 0 Å². The lowest BCUT2D eigenvalue weighted by Crippen LogP contribution is -2.36. The highest BCUT2D eigenvalue weighted by molar-refractivity contribution is 8.00. The van der Waals surface area contributed by atoms with Crippen molar-refractivity contribution in [3.63, 3.8) is 0 Å². The molecule has 0 bridgehead atoms. The summed E-state index contributed by atoms with van der Waals surface area (Å²) in [5.41, 5.74) is 6.14. The third-order valence-corrected chi connectivity index (χ3v) is 11.0. The average Bonchev–Trinajstić information content (AvgIpc) is 4.01. The van der Waals surface area contributed by atoms with E-state index in [2.05, 4.69) is 26.3 Å². The van der Waals surface area contributed by atoms with Gasteiger partial charge < -0.3 is 73.8 Å². The molecule has 2 fully saturated rings. The van der Waals surface area contributed by atoms with Crippen LogP contribution < -0.4 is 21.7 Å². The number of carbonyl (C=O) groups excluding carboxylic acids is 3. The van der Waals surface area contributed by atoms with Crippen LogP contribution in [0.1, 0.15) is 44.2 Å². The first-order valence-electron chi connectivity index (χ1n) is 22.5. The van der Waals surface area contributed by atoms with Crippen molar-refractivity contribution in [2.24, 2.45) is 5.73 Å². The summed E-state index contributed by atoms with van der Waals surface area (Å²) in [6.07, 6.45) is 6.63. The van der Waals surface area contributed by atoms with Gasteiger partial charge in [-0.1, -0.05) is 11.6 Å². The van der Waals surface area contributed by atoms with E-state index in [1.54, 1.807) is 4.68 Å². The average molecular weight is 922 g/mol. The van der Waals surface area contributed by atoms with Crippen LogP contribution in [0.25, 0.3) is 0 Å². The molecule has 3 heterocycles. The van der Waals surface area contributed by atoms with Crippen molar-refractivity contribution in [2.75, 3.05) is 164 Å². The van der Waals surface area contributed by atoms with Gasteiger partial charge in [0.05, 0.1) is 170 Å². The van der Waals surface area contributed by atoms with Crippen molar-refractivity contribution < 1.29 is 66.5 Å². The Kier molecular flexibility index (Phi) is 33.6. The quantitative estimate of drug-likeness (QED) is 0.0502. The Hall–Kier alpha value is -2.58. The maximum atomic E-state index is 12.4. The van der Waals surface area contributed by atoms with Gasteiger partial charge in [-0.25, -0.2) is 9.48 Å². The maximum Gasteiger partial charge on any atom is 0.315 e. The van der Waals surface area contributed by atoms with Gasteiger partial charge in [0.2, 0.25) is 5.91 Å². The molecule has 0 spiro atoms. The predicted molar refractivity (Wildman–Crippen MR) is 233 cm³/mol. The van der Waals surface area contributed by atoms with Crippen molar-refractivity contribution in [1.29, 1.82) is 0 Å². The second kappa shape index (κ2) is 38.7. The van der Waals surface area contributed by atoms with Gasteiger partial charge in [-0.05, 0) is 19.3 Å². The smallest absolute Gasteiger partial charge is 0.315 e. The molecule has 0 saturated carbocycles. The number of hydrogen-bond acceptors (Lipinski definition) is 18. The number of rotatable bonds is 46. The molecule has 3 atom stereocenters. The van der Waals surface area contributed by atoms with E-state index < -0.39 is 0 Å². The maximum absolute atomic E-state index is 12.4. The molecular weight excluding hydrogens is 847 g/mol. The van der Waals surface area contributed by atoms with Gasteiger partial charge in [0.1, 0.15) is 5.78 Å². The van der Waals surface area contributed by atoms with Gasteiger partial charge in [0, 0.05) is 49.6 Å². The number of hydrogen-bond donors (Lipinski definition) is 4. The van der Waals surface area contributed by atoms with Crippen LogP contribution in [0.2, 0.25) is 0 Å². The van der Waals surface area contributed by atoms with Gasteiger partial charge >= 0.3 is 6.03 Å². The SMILES string of the molecule is NCCOCCOCCOCCOCCOCCNC(=O)CCOCCOCCOCCOCCOCCOCCn1cc(CCC(=O)CCCC[C@@H]2SC[C@H]3NC(=O)N[C@@H]23)nn1. The second-order valence-corrected chi connectivity index (χ2v) is 15.8. The molecule has 0 unspecified atom stereocenters. The van der Waals surface area contributed by atoms with E-state index in [0.717, 1.165) is 30.7 Å². The van der Waals surface area contributed by atoms with Crippen LogP contribution in [0.3, 0.4) is 0 Å². The Morgan fingerprint density at radius 1 is 0.651 bits per heavy atom. The van der Waals surface area contributed by atoms with E-state index in [0.29, 0.717) is 189 Å². The lowest BCUT2D eigenvalue weighted by Gasteiger charge is -2.16. The van der Waals surface area contributed by atoms with Gasteiger partial charge in [0.15, 0.2) is 0 Å². The first kappa shape index (κ1) is 54.8. The first-order valence-corrected chi connectivity index (χ1v) is 23.5. The van der Waals surface area contributed by atoms with Gasteiger partial charge in [-0.15, -0.1) is 5.10 Å². The molecule has 5 N–H and O–H groups in total. The number of urea groups is 1. The van der Waals surface area contributed by atoms with Crippen molar-refractivity contribution >= 4 is 29.5 Å². The topological polar surface area (TPSA) is 246 Å². The van der Waals surface area contributed by atoms with Crippen LogP contribution in [-0.2, 0) is 74.7 Å². The minimum Gasteiger partial charge on any atom is -0.379 e. The molecule has 63 heavy (non-hydrogen) atoms. The lowest BCUT2D eigenvalue weighted by atomic mass is 10.0. The summed E-state index contributed by atoms with van der Waals surface area (Å²) >= 11 is 1.91. The molecule has 22 heteroatoms. The van der Waals surface area contributed by atoms with E-state index in [1.165, 1.54) is 0 Å². The number of thioether (sulfide) groups is 1. The van der Waals surface area contributed by atoms with E-state index in [-0.39, 0.29) is 36.2 Å². The number of Topliss-reactive ketones (excluding diaryl/α,β-unsaturated/α-hetero) is 1. The highest BCUT2D eigenvalue weighted by Crippen LogP contribution is 2.33. The number of aromatic nitrogens is 3. The fourth-order valence-corrected chi connectivity index (χ4v) is 7.75. The molecule has 364 valence electrons. The minimum atomic E-state index is -0.0960. The van der Waals surface area contributed by atoms with E-state index >= 15 is 0 Å². The molecule has 0 aromatic carbocycles. The number of carbonyl (C=O) groups is 3. The Labute approximate surface area is 376 Å². The van der Waals surface area contributed by atoms with Gasteiger partial charge in [-0.2, -0.15) is 11.8 Å². The summed E-state index contributed by atoms with van der Waals surface area (Å²) < 4.78 is 61.8. The van der Waals surface area contributed by atoms with E-state index in [1.807, 2.05) is 18.0 Å². The second-order valence-electron chi connectivity index (χ2n) is 14.5. The molecule has 2 saturated heterocycles. The van der Waals surface area contributed by atoms with Crippen molar-refractivity contribution in [2.45, 2.75) is 68.8 Å². The monoisotopic (exact) mass is 922 g/mol. The van der Waals surface area contributed by atoms with Crippen LogP contribution in [0, 0.1) is 0 Å². The fraction of sp³-hybridized carbons (Fsp3) is 0.878. The van der Waals surface area contributed by atoms with Crippen LogP contribution in [-0.4, -0.2) is 214 Å². The van der Waals surface area contributed by atoms with Crippen LogP contribution in [0.4, 0.5) is 4.79 Å². The number of nitrogens with zero attached hydrogens (tertiary/aromatic N) is 3. The number of nitrogens with one attached hydrogen (secondary N) is 3. The minimum absolute atomic E-state index is 0.0615. The van der Waals surface area contributed by atoms with Crippen molar-refractivity contribution in [3.8, 4) is 0 Å². The summed E-state index contributed by atoms with van der Waals surface area (Å²) in [4.78, 5) is 35.8. The molecule has 0 radical (unpaired) electrons. The van der Waals surface area contributed by atoms with E-state index in [9.17, 15) is 14.4 Å². The van der Waals surface area contributed by atoms with Gasteiger partial charge in [-0.3, -0.25) is 9.59 Å². The van der Waals surface area contributed by atoms with Crippen LogP contribution in [0.15, 0.2) is 6.20 Å². The fourth-order valence-electron chi connectivity index (χ4n) is 6.21. The Balaban J connectivity index is 0.941. The lowest BCUT2D eigenvalue weighted by molar-refractivity contribution is -0.122. The number of fused-ring (bicyclic) bond motifs is 1. The van der Waals surface area contributed by atoms with Crippen molar-refractivity contribution in [1.82, 2.24) is 30.9 Å². The number of nitrogens with two attached hydrogens (primary N) is 1. The molecule has 3 amide bonds. The summed E-state index contributed by atoms with van der Waals surface area (Å²) in [5, 5.41) is 17.5. The van der Waals surface area contributed by atoms with Crippen LogP contribution >= 0.6 is 11.8 Å². The Morgan fingerprint density at radius 3 is 1.71 bits per heavy atom. The zero-order valence-electron chi connectivity index (χ0n) is 37.2. The van der Waals surface area contributed by atoms with E-state index in [4.69, 9.17) is 57.8 Å². The number of amides is 3. The highest BCUT2D eigenvalue weighted by atomic mass is 32.2. The summed E-state index contributed by atoms with van der Waals surface area (Å²) in [7, 11) is 0. The molecule has 3 rings (SSSR count). The molecule has 21 nitrogen and oxygen atoms in total. The number of unbranched alkanes of at least 4 members (excludes halogenated alkanes) is 1. The normalized spacial score (nSPS) is 17.0.